The summed E-state index contributed by atoms with van der Waals surface area (Å²) in [6, 6.07) is 11.3. The topological polar surface area (TPSA) is 59.5 Å². The van der Waals surface area contributed by atoms with Gasteiger partial charge in [-0.05, 0) is 31.2 Å². The number of nitrogens with two attached hydrogens (primary N) is 1. The van der Waals surface area contributed by atoms with E-state index in [2.05, 4.69) is 0 Å². The standard InChI is InChI=1S/C15H18N2O2S/c1-11-7-8-12(19-11)9-17(2)15(18)10-20-14-6-4-3-5-13(14)16/h3-8H,9-10,16H2,1-2H3. The minimum atomic E-state index is 0.0484. The first kappa shape index (κ1) is 14.5. The van der Waals surface area contributed by atoms with Crippen molar-refractivity contribution in [1.29, 1.82) is 0 Å². The van der Waals surface area contributed by atoms with Gasteiger partial charge >= 0.3 is 0 Å². The van der Waals surface area contributed by atoms with Gasteiger partial charge in [0.25, 0.3) is 0 Å². The van der Waals surface area contributed by atoms with Gasteiger partial charge in [0, 0.05) is 17.6 Å². The molecule has 20 heavy (non-hydrogen) atoms. The van der Waals surface area contributed by atoms with E-state index in [-0.39, 0.29) is 5.91 Å². The van der Waals surface area contributed by atoms with E-state index in [0.717, 1.165) is 16.4 Å². The summed E-state index contributed by atoms with van der Waals surface area (Å²) < 4.78 is 5.47. The van der Waals surface area contributed by atoms with Crippen LogP contribution in [0.2, 0.25) is 0 Å². The number of hydrogen-bond acceptors (Lipinski definition) is 4. The molecule has 1 aromatic carbocycles. The van der Waals surface area contributed by atoms with Crippen molar-refractivity contribution in [2.24, 2.45) is 0 Å². The van der Waals surface area contributed by atoms with Crippen LogP contribution in [-0.2, 0) is 11.3 Å². The molecule has 2 aromatic rings. The summed E-state index contributed by atoms with van der Waals surface area (Å²) in [6.07, 6.45) is 0. The molecule has 0 unspecified atom stereocenters. The number of hydrogen-bond donors (Lipinski definition) is 1. The van der Waals surface area contributed by atoms with Crippen molar-refractivity contribution < 1.29 is 9.21 Å². The third kappa shape index (κ3) is 3.81. The Labute approximate surface area is 122 Å². The zero-order valence-electron chi connectivity index (χ0n) is 11.6. The second-order valence-corrected chi connectivity index (χ2v) is 5.61. The number of aryl methyl sites for hydroxylation is 1. The number of para-hydroxylation sites is 1. The minimum Gasteiger partial charge on any atom is -0.464 e. The molecule has 5 heteroatoms. The van der Waals surface area contributed by atoms with E-state index in [0.29, 0.717) is 18.0 Å². The van der Waals surface area contributed by atoms with Crippen molar-refractivity contribution in [3.05, 3.63) is 47.9 Å². The van der Waals surface area contributed by atoms with Crippen molar-refractivity contribution in [2.75, 3.05) is 18.5 Å². The minimum absolute atomic E-state index is 0.0484. The van der Waals surface area contributed by atoms with Crippen LogP contribution in [-0.4, -0.2) is 23.6 Å². The molecule has 1 aromatic heterocycles. The fourth-order valence-electron chi connectivity index (χ4n) is 1.75. The molecule has 0 radical (unpaired) electrons. The number of furan rings is 1. The molecule has 4 nitrogen and oxygen atoms in total. The maximum absolute atomic E-state index is 12.1. The van der Waals surface area contributed by atoms with Gasteiger partial charge in [-0.1, -0.05) is 12.1 Å². The normalized spacial score (nSPS) is 10.5. The van der Waals surface area contributed by atoms with Gasteiger partial charge in [-0.2, -0.15) is 0 Å². The Bertz CT molecular complexity index is 595. The highest BCUT2D eigenvalue weighted by molar-refractivity contribution is 8.00. The Morgan fingerprint density at radius 1 is 1.30 bits per heavy atom. The molecule has 0 aliphatic carbocycles. The number of rotatable bonds is 5. The summed E-state index contributed by atoms with van der Waals surface area (Å²) in [7, 11) is 1.77. The third-order valence-corrected chi connectivity index (χ3v) is 3.96. The number of thioether (sulfide) groups is 1. The van der Waals surface area contributed by atoms with Crippen LogP contribution in [0.1, 0.15) is 11.5 Å². The largest absolute Gasteiger partial charge is 0.464 e. The van der Waals surface area contributed by atoms with Gasteiger partial charge in [0.05, 0.1) is 12.3 Å². The van der Waals surface area contributed by atoms with Gasteiger partial charge in [0.1, 0.15) is 11.5 Å². The maximum Gasteiger partial charge on any atom is 0.233 e. The molecular formula is C15H18N2O2S. The van der Waals surface area contributed by atoms with Crippen molar-refractivity contribution in [1.82, 2.24) is 4.90 Å². The Morgan fingerprint density at radius 2 is 2.05 bits per heavy atom. The van der Waals surface area contributed by atoms with Crippen LogP contribution < -0.4 is 5.73 Å². The number of nitrogen functional groups attached to an aromatic ring is 1. The third-order valence-electron chi connectivity index (χ3n) is 2.88. The van der Waals surface area contributed by atoms with Crippen molar-refractivity contribution in [3.63, 3.8) is 0 Å². The van der Waals surface area contributed by atoms with Crippen LogP contribution in [0.25, 0.3) is 0 Å². The van der Waals surface area contributed by atoms with E-state index in [1.54, 1.807) is 11.9 Å². The molecule has 1 amide bonds. The van der Waals surface area contributed by atoms with Gasteiger partial charge < -0.3 is 15.1 Å². The van der Waals surface area contributed by atoms with Crippen molar-refractivity contribution >= 4 is 23.4 Å². The predicted molar refractivity (Wildman–Crippen MR) is 81.5 cm³/mol. The van der Waals surface area contributed by atoms with Gasteiger partial charge in [-0.3, -0.25) is 4.79 Å². The predicted octanol–water partition coefficient (Wildman–Crippen LogP) is 2.92. The lowest BCUT2D eigenvalue weighted by Crippen LogP contribution is -2.27. The molecule has 0 spiro atoms. The van der Waals surface area contributed by atoms with E-state index in [1.165, 1.54) is 11.8 Å². The highest BCUT2D eigenvalue weighted by atomic mass is 32.2. The Kier molecular flexibility index (Phi) is 4.74. The van der Waals surface area contributed by atoms with Crippen LogP contribution in [0.5, 0.6) is 0 Å². The molecule has 2 rings (SSSR count). The number of benzene rings is 1. The summed E-state index contributed by atoms with van der Waals surface area (Å²) in [5, 5.41) is 0. The average molecular weight is 290 g/mol. The molecule has 0 fully saturated rings. The van der Waals surface area contributed by atoms with Crippen molar-refractivity contribution in [2.45, 2.75) is 18.4 Å². The van der Waals surface area contributed by atoms with Gasteiger partial charge in [0.15, 0.2) is 0 Å². The molecule has 0 saturated heterocycles. The second kappa shape index (κ2) is 6.52. The lowest BCUT2D eigenvalue weighted by molar-refractivity contribution is -0.127. The van der Waals surface area contributed by atoms with Crippen LogP contribution in [0.15, 0.2) is 45.7 Å². The second-order valence-electron chi connectivity index (χ2n) is 4.59. The summed E-state index contributed by atoms with van der Waals surface area (Å²) in [5.74, 6) is 2.06. The van der Waals surface area contributed by atoms with Crippen LogP contribution >= 0.6 is 11.8 Å². The summed E-state index contributed by atoms with van der Waals surface area (Å²) in [5.41, 5.74) is 6.55. The first-order valence-corrected chi connectivity index (χ1v) is 7.31. The summed E-state index contributed by atoms with van der Waals surface area (Å²) in [6.45, 7) is 2.37. The van der Waals surface area contributed by atoms with E-state index in [9.17, 15) is 4.79 Å². The highest BCUT2D eigenvalue weighted by Gasteiger charge is 2.12. The molecule has 0 aliphatic heterocycles. The lowest BCUT2D eigenvalue weighted by atomic mass is 10.3. The lowest BCUT2D eigenvalue weighted by Gasteiger charge is -2.15. The molecule has 0 atom stereocenters. The number of carbonyl (C=O) groups excluding carboxylic acids is 1. The number of anilines is 1. The quantitative estimate of drug-likeness (QED) is 0.679. The van der Waals surface area contributed by atoms with Gasteiger partial charge in [-0.15, -0.1) is 11.8 Å². The highest BCUT2D eigenvalue weighted by Crippen LogP contribution is 2.24. The molecule has 106 valence electrons. The maximum atomic E-state index is 12.1. The summed E-state index contributed by atoms with van der Waals surface area (Å²) in [4.78, 5) is 14.7. The van der Waals surface area contributed by atoms with Gasteiger partial charge in [-0.25, -0.2) is 0 Å². The summed E-state index contributed by atoms with van der Waals surface area (Å²) >= 11 is 1.45. The Balaban J connectivity index is 1.87. The smallest absolute Gasteiger partial charge is 0.233 e. The monoisotopic (exact) mass is 290 g/mol. The van der Waals surface area contributed by atoms with Crippen LogP contribution in [0.3, 0.4) is 0 Å². The number of amides is 1. The van der Waals surface area contributed by atoms with E-state index in [4.69, 9.17) is 10.2 Å². The van der Waals surface area contributed by atoms with E-state index < -0.39 is 0 Å². The molecule has 0 aliphatic rings. The SMILES string of the molecule is Cc1ccc(CN(C)C(=O)CSc2ccccc2N)o1. The average Bonchev–Trinajstić information content (AvgIpc) is 2.82. The molecule has 1 heterocycles. The zero-order valence-corrected chi connectivity index (χ0v) is 12.4. The van der Waals surface area contributed by atoms with Gasteiger partial charge in [0.2, 0.25) is 5.91 Å². The van der Waals surface area contributed by atoms with E-state index in [1.807, 2.05) is 43.3 Å². The first-order valence-electron chi connectivity index (χ1n) is 6.33. The Hall–Kier alpha value is -1.88. The molecule has 2 N–H and O–H groups in total. The molecule has 0 bridgehead atoms. The zero-order chi connectivity index (χ0) is 14.5. The first-order chi connectivity index (χ1) is 9.56. The van der Waals surface area contributed by atoms with E-state index >= 15 is 0 Å². The number of nitrogens with zero attached hydrogens (tertiary/aromatic N) is 1. The van der Waals surface area contributed by atoms with Crippen molar-refractivity contribution in [3.8, 4) is 0 Å². The molecular weight excluding hydrogens is 272 g/mol. The fourth-order valence-corrected chi connectivity index (χ4v) is 2.66. The fraction of sp³-hybridized carbons (Fsp3) is 0.267. The van der Waals surface area contributed by atoms with Crippen LogP contribution in [0, 0.1) is 6.92 Å². The molecule has 0 saturated carbocycles. The Morgan fingerprint density at radius 3 is 2.70 bits per heavy atom. The number of carbonyl (C=O) groups is 1. The van der Waals surface area contributed by atoms with Crippen LogP contribution in [0.4, 0.5) is 5.69 Å².